The van der Waals surface area contributed by atoms with Gasteiger partial charge in [0.2, 0.25) is 5.91 Å². The Hall–Kier alpha value is -1.92. The molecule has 6 heteroatoms. The highest BCUT2D eigenvalue weighted by molar-refractivity contribution is 5.78. The molecule has 1 aromatic carbocycles. The lowest BCUT2D eigenvalue weighted by Crippen LogP contribution is -2.51. The number of hydrogen-bond donors (Lipinski definition) is 2. The van der Waals surface area contributed by atoms with E-state index in [1.807, 2.05) is 35.2 Å². The van der Waals surface area contributed by atoms with Crippen LogP contribution in [0.25, 0.3) is 0 Å². The highest BCUT2D eigenvalue weighted by Gasteiger charge is 2.42. The molecule has 0 spiro atoms. The van der Waals surface area contributed by atoms with Gasteiger partial charge in [-0.1, -0.05) is 30.3 Å². The summed E-state index contributed by atoms with van der Waals surface area (Å²) < 4.78 is 5.07. The van der Waals surface area contributed by atoms with Gasteiger partial charge in [-0.15, -0.1) is 0 Å². The van der Waals surface area contributed by atoms with Gasteiger partial charge in [0.05, 0.1) is 12.0 Å². The quantitative estimate of drug-likeness (QED) is 0.708. The summed E-state index contributed by atoms with van der Waals surface area (Å²) in [5.74, 6) is -0.845. The molecule has 6 nitrogen and oxygen atoms in total. The Morgan fingerprint density at radius 1 is 1.32 bits per heavy atom. The van der Waals surface area contributed by atoms with Crippen LogP contribution in [0.5, 0.6) is 0 Å². The summed E-state index contributed by atoms with van der Waals surface area (Å²) in [4.78, 5) is 25.9. The molecule has 1 heterocycles. The van der Waals surface area contributed by atoms with Crippen LogP contribution in [0.2, 0.25) is 0 Å². The van der Waals surface area contributed by atoms with Crippen LogP contribution in [0, 0.1) is 5.41 Å². The fourth-order valence-electron chi connectivity index (χ4n) is 3.40. The van der Waals surface area contributed by atoms with Crippen LogP contribution in [0.1, 0.15) is 24.8 Å². The van der Waals surface area contributed by atoms with Crippen molar-refractivity contribution in [2.24, 2.45) is 5.41 Å². The molecule has 25 heavy (non-hydrogen) atoms. The average molecular weight is 348 g/mol. The number of rotatable bonds is 9. The molecule has 1 fully saturated rings. The lowest BCUT2D eigenvalue weighted by molar-refractivity contribution is -0.154. The number of benzene rings is 1. The van der Waals surface area contributed by atoms with E-state index >= 15 is 0 Å². The van der Waals surface area contributed by atoms with Gasteiger partial charge in [0, 0.05) is 26.8 Å². The lowest BCUT2D eigenvalue weighted by atomic mass is 9.77. The van der Waals surface area contributed by atoms with Crippen LogP contribution in [0.4, 0.5) is 0 Å². The second kappa shape index (κ2) is 9.53. The van der Waals surface area contributed by atoms with Crippen LogP contribution in [0.15, 0.2) is 30.3 Å². The molecule has 0 aromatic heterocycles. The number of carboxylic acids is 1. The molecule has 2 rings (SSSR count). The topological polar surface area (TPSA) is 78.9 Å². The number of nitrogens with one attached hydrogen (secondary N) is 1. The van der Waals surface area contributed by atoms with Gasteiger partial charge in [-0.2, -0.15) is 0 Å². The number of nitrogens with zero attached hydrogens (tertiary/aromatic N) is 1. The summed E-state index contributed by atoms with van der Waals surface area (Å²) in [7, 11) is 1.58. The first-order valence-electron chi connectivity index (χ1n) is 8.81. The van der Waals surface area contributed by atoms with Crippen LogP contribution < -0.4 is 5.32 Å². The van der Waals surface area contributed by atoms with E-state index in [1.54, 1.807) is 7.11 Å². The molecule has 138 valence electrons. The van der Waals surface area contributed by atoms with Crippen molar-refractivity contribution in [3.05, 3.63) is 35.9 Å². The molecule has 1 unspecified atom stereocenters. The standard InChI is InChI=1S/C19H28N2O4/c1-25-13-10-19(18(23)24)9-5-12-21(15-19)14-17(22)20-11-8-16-6-3-2-4-7-16/h2-4,6-7H,5,8-15H2,1H3,(H,20,22)(H,23,24). The predicted octanol–water partition coefficient (Wildman–Crippen LogP) is 1.55. The third-order valence-electron chi connectivity index (χ3n) is 4.84. The van der Waals surface area contributed by atoms with E-state index in [4.69, 9.17) is 4.74 Å². The fraction of sp³-hybridized carbons (Fsp3) is 0.579. The smallest absolute Gasteiger partial charge is 0.311 e. The van der Waals surface area contributed by atoms with Crippen molar-refractivity contribution in [3.63, 3.8) is 0 Å². The number of piperidine rings is 1. The molecule has 1 saturated heterocycles. The largest absolute Gasteiger partial charge is 0.481 e. The molecule has 0 saturated carbocycles. The van der Waals surface area contributed by atoms with E-state index in [9.17, 15) is 14.7 Å². The molecule has 1 aliphatic heterocycles. The maximum Gasteiger partial charge on any atom is 0.311 e. The lowest BCUT2D eigenvalue weighted by Gasteiger charge is -2.39. The van der Waals surface area contributed by atoms with Crippen LogP contribution in [-0.4, -0.2) is 61.8 Å². The zero-order valence-electron chi connectivity index (χ0n) is 14.9. The maximum absolute atomic E-state index is 12.2. The second-order valence-corrected chi connectivity index (χ2v) is 6.73. The summed E-state index contributed by atoms with van der Waals surface area (Å²) in [5, 5.41) is 12.6. The number of methoxy groups -OCH3 is 1. The van der Waals surface area contributed by atoms with Crippen molar-refractivity contribution in [1.82, 2.24) is 10.2 Å². The normalized spacial score (nSPS) is 21.0. The minimum Gasteiger partial charge on any atom is -0.481 e. The zero-order chi connectivity index (χ0) is 18.1. The van der Waals surface area contributed by atoms with E-state index in [1.165, 1.54) is 5.56 Å². The van der Waals surface area contributed by atoms with Gasteiger partial charge >= 0.3 is 5.97 Å². The number of carbonyl (C=O) groups excluding carboxylic acids is 1. The molecule has 1 atom stereocenters. The molecule has 0 radical (unpaired) electrons. The monoisotopic (exact) mass is 348 g/mol. The SMILES string of the molecule is COCCC1(C(=O)O)CCCN(CC(=O)NCCc2ccccc2)C1. The molecule has 1 amide bonds. The van der Waals surface area contributed by atoms with Crippen molar-refractivity contribution in [2.75, 3.05) is 39.9 Å². The van der Waals surface area contributed by atoms with Crippen LogP contribution in [-0.2, 0) is 20.7 Å². The molecule has 1 aliphatic rings. The second-order valence-electron chi connectivity index (χ2n) is 6.73. The Morgan fingerprint density at radius 2 is 2.08 bits per heavy atom. The van der Waals surface area contributed by atoms with Gasteiger partial charge in [0.15, 0.2) is 0 Å². The number of ether oxygens (including phenoxy) is 1. The van der Waals surface area contributed by atoms with Gasteiger partial charge < -0.3 is 15.2 Å². The number of aliphatic carboxylic acids is 1. The van der Waals surface area contributed by atoms with Crippen molar-refractivity contribution in [2.45, 2.75) is 25.7 Å². The van der Waals surface area contributed by atoms with E-state index in [2.05, 4.69) is 5.32 Å². The van der Waals surface area contributed by atoms with E-state index in [-0.39, 0.29) is 12.5 Å². The number of carboxylic acid groups (broad SMARTS) is 1. The first-order valence-corrected chi connectivity index (χ1v) is 8.81. The van der Waals surface area contributed by atoms with Gasteiger partial charge in [-0.25, -0.2) is 0 Å². The van der Waals surface area contributed by atoms with Crippen molar-refractivity contribution in [1.29, 1.82) is 0 Å². The maximum atomic E-state index is 12.2. The first kappa shape index (κ1) is 19.4. The molecule has 0 bridgehead atoms. The molecular weight excluding hydrogens is 320 g/mol. The fourth-order valence-corrected chi connectivity index (χ4v) is 3.40. The third kappa shape index (κ3) is 5.83. The number of hydrogen-bond acceptors (Lipinski definition) is 4. The van der Waals surface area contributed by atoms with E-state index < -0.39 is 11.4 Å². The van der Waals surface area contributed by atoms with Gasteiger partial charge in [0.25, 0.3) is 0 Å². The summed E-state index contributed by atoms with van der Waals surface area (Å²) >= 11 is 0. The molecular formula is C19H28N2O4. The first-order chi connectivity index (χ1) is 12.1. The van der Waals surface area contributed by atoms with Gasteiger partial charge in [-0.3, -0.25) is 14.5 Å². The number of carbonyl (C=O) groups is 2. The summed E-state index contributed by atoms with van der Waals surface area (Å²) in [5.41, 5.74) is 0.378. The Bertz CT molecular complexity index is 564. The number of likely N-dealkylation sites (tertiary alicyclic amines) is 1. The van der Waals surface area contributed by atoms with E-state index in [0.29, 0.717) is 32.5 Å². The highest BCUT2D eigenvalue weighted by Crippen LogP contribution is 2.33. The minimum absolute atomic E-state index is 0.0520. The van der Waals surface area contributed by atoms with Crippen molar-refractivity contribution >= 4 is 11.9 Å². The number of amides is 1. The van der Waals surface area contributed by atoms with Gasteiger partial charge in [0.1, 0.15) is 0 Å². The molecule has 2 N–H and O–H groups in total. The third-order valence-corrected chi connectivity index (χ3v) is 4.84. The van der Waals surface area contributed by atoms with Crippen LogP contribution >= 0.6 is 0 Å². The zero-order valence-corrected chi connectivity index (χ0v) is 14.9. The van der Waals surface area contributed by atoms with Crippen LogP contribution in [0.3, 0.4) is 0 Å². The summed E-state index contributed by atoms with van der Waals surface area (Å²) in [6.45, 7) is 2.41. The Labute approximate surface area is 149 Å². The minimum atomic E-state index is -0.807. The molecule has 0 aliphatic carbocycles. The Balaban J connectivity index is 1.80. The van der Waals surface area contributed by atoms with E-state index in [0.717, 1.165) is 19.4 Å². The summed E-state index contributed by atoms with van der Waals surface area (Å²) in [6.07, 6.45) is 2.69. The Kier molecular flexibility index (Phi) is 7.40. The molecule has 1 aromatic rings. The van der Waals surface area contributed by atoms with Crippen molar-refractivity contribution < 1.29 is 19.4 Å². The Morgan fingerprint density at radius 3 is 2.76 bits per heavy atom. The average Bonchev–Trinajstić information content (AvgIpc) is 2.61. The predicted molar refractivity (Wildman–Crippen MR) is 95.4 cm³/mol. The van der Waals surface area contributed by atoms with Gasteiger partial charge in [-0.05, 0) is 37.8 Å². The van der Waals surface area contributed by atoms with Crippen molar-refractivity contribution in [3.8, 4) is 0 Å². The summed E-state index contributed by atoms with van der Waals surface area (Å²) in [6, 6.07) is 10.0. The highest BCUT2D eigenvalue weighted by atomic mass is 16.5.